The van der Waals surface area contributed by atoms with Gasteiger partial charge in [0.1, 0.15) is 11.0 Å². The van der Waals surface area contributed by atoms with Crippen LogP contribution in [-0.4, -0.2) is 19.7 Å². The maximum absolute atomic E-state index is 13.5. The third kappa shape index (κ3) is 3.85. The molecule has 1 atom stereocenters. The Bertz CT molecular complexity index is 1190. The standard InChI is InChI=1S/C18H16F6N4O2/c1-16(2,3)12(8-4-6-9(7-5-8)17(19,20)21)28-13-10(11(27-28)18(22,23)24)14(29)26-15(30)25-13/h4-7,12H,1-3H3,(H2,25,26,29,30). The minimum atomic E-state index is -5.00. The zero-order chi connectivity index (χ0) is 22.6. The molecule has 0 amide bonds. The number of aromatic nitrogens is 4. The molecule has 0 aliphatic carbocycles. The molecular weight excluding hydrogens is 418 g/mol. The number of rotatable bonds is 2. The normalized spacial score (nSPS) is 14.3. The number of benzene rings is 1. The molecule has 162 valence electrons. The van der Waals surface area contributed by atoms with E-state index in [0.29, 0.717) is 0 Å². The van der Waals surface area contributed by atoms with E-state index in [9.17, 15) is 35.9 Å². The van der Waals surface area contributed by atoms with Gasteiger partial charge in [0.25, 0.3) is 5.56 Å². The van der Waals surface area contributed by atoms with E-state index in [-0.39, 0.29) is 5.56 Å². The molecule has 0 aliphatic heterocycles. The maximum atomic E-state index is 13.5. The lowest BCUT2D eigenvalue weighted by atomic mass is 9.82. The summed E-state index contributed by atoms with van der Waals surface area (Å²) in [6.45, 7) is 4.92. The molecule has 30 heavy (non-hydrogen) atoms. The summed E-state index contributed by atoms with van der Waals surface area (Å²) in [5, 5.41) is 2.70. The van der Waals surface area contributed by atoms with Gasteiger partial charge in [-0.1, -0.05) is 32.9 Å². The Morgan fingerprint density at radius 3 is 1.93 bits per heavy atom. The summed E-state index contributed by atoms with van der Waals surface area (Å²) in [7, 11) is 0. The van der Waals surface area contributed by atoms with Gasteiger partial charge in [-0.25, -0.2) is 9.48 Å². The highest BCUT2D eigenvalue weighted by Gasteiger charge is 2.41. The minimum Gasteiger partial charge on any atom is -0.291 e. The topological polar surface area (TPSA) is 83.5 Å². The summed E-state index contributed by atoms with van der Waals surface area (Å²) >= 11 is 0. The molecule has 6 nitrogen and oxygen atoms in total. The van der Waals surface area contributed by atoms with Crippen molar-refractivity contribution in [2.75, 3.05) is 0 Å². The average molecular weight is 434 g/mol. The third-order valence-corrected chi connectivity index (χ3v) is 4.48. The fourth-order valence-electron chi connectivity index (χ4n) is 3.32. The first-order valence-electron chi connectivity index (χ1n) is 8.60. The molecule has 0 spiro atoms. The minimum absolute atomic E-state index is 0.217. The smallest absolute Gasteiger partial charge is 0.291 e. The van der Waals surface area contributed by atoms with Gasteiger partial charge >= 0.3 is 18.0 Å². The predicted molar refractivity (Wildman–Crippen MR) is 95.0 cm³/mol. The number of hydrogen-bond donors (Lipinski definition) is 2. The second-order valence-electron chi connectivity index (χ2n) is 7.81. The zero-order valence-corrected chi connectivity index (χ0v) is 15.9. The van der Waals surface area contributed by atoms with Crippen LogP contribution >= 0.6 is 0 Å². The molecule has 2 N–H and O–H groups in total. The summed E-state index contributed by atoms with van der Waals surface area (Å²) in [5.74, 6) is 0. The number of alkyl halides is 6. The molecule has 0 bridgehead atoms. The first-order valence-corrected chi connectivity index (χ1v) is 8.60. The molecule has 3 rings (SSSR count). The first kappa shape index (κ1) is 21.7. The van der Waals surface area contributed by atoms with E-state index >= 15 is 0 Å². The number of halogens is 6. The lowest BCUT2D eigenvalue weighted by molar-refractivity contribution is -0.140. The van der Waals surface area contributed by atoms with Gasteiger partial charge in [0.15, 0.2) is 5.69 Å². The maximum Gasteiger partial charge on any atom is 0.436 e. The van der Waals surface area contributed by atoms with Gasteiger partial charge in [0.05, 0.1) is 11.6 Å². The third-order valence-electron chi connectivity index (χ3n) is 4.48. The molecular formula is C18H16F6N4O2. The van der Waals surface area contributed by atoms with Crippen LogP contribution in [-0.2, 0) is 12.4 Å². The van der Waals surface area contributed by atoms with E-state index in [2.05, 4.69) is 10.1 Å². The molecule has 0 saturated carbocycles. The fourth-order valence-corrected chi connectivity index (χ4v) is 3.32. The monoisotopic (exact) mass is 434 g/mol. The number of nitrogens with zero attached hydrogens (tertiary/aromatic N) is 2. The molecule has 2 heterocycles. The molecule has 3 aromatic rings. The average Bonchev–Trinajstić information content (AvgIpc) is 2.93. The molecule has 1 aromatic carbocycles. The summed E-state index contributed by atoms with van der Waals surface area (Å²) in [4.78, 5) is 27.7. The van der Waals surface area contributed by atoms with Crippen molar-refractivity contribution in [1.29, 1.82) is 0 Å². The van der Waals surface area contributed by atoms with Crippen LogP contribution in [0.4, 0.5) is 26.3 Å². The van der Waals surface area contributed by atoms with Gasteiger partial charge in [0.2, 0.25) is 0 Å². The summed E-state index contributed by atoms with van der Waals surface area (Å²) in [5.41, 5.74) is -5.86. The van der Waals surface area contributed by atoms with Crippen molar-refractivity contribution in [3.8, 4) is 0 Å². The quantitative estimate of drug-likeness (QED) is 0.596. The number of aromatic amines is 2. The Morgan fingerprint density at radius 1 is 0.900 bits per heavy atom. The lowest BCUT2D eigenvalue weighted by Crippen LogP contribution is -2.29. The van der Waals surface area contributed by atoms with Gasteiger partial charge in [-0.3, -0.25) is 14.8 Å². The first-order chi connectivity index (χ1) is 13.6. The Morgan fingerprint density at radius 2 is 1.47 bits per heavy atom. The summed E-state index contributed by atoms with van der Waals surface area (Å²) in [6, 6.07) is 2.84. The largest absolute Gasteiger partial charge is 0.436 e. The highest BCUT2D eigenvalue weighted by Crippen LogP contribution is 2.41. The summed E-state index contributed by atoms with van der Waals surface area (Å²) in [6.07, 6.45) is -9.59. The predicted octanol–water partition coefficient (Wildman–Crippen LogP) is 4.09. The fraction of sp³-hybridized carbons (Fsp3) is 0.389. The van der Waals surface area contributed by atoms with Crippen LogP contribution < -0.4 is 11.2 Å². The van der Waals surface area contributed by atoms with E-state index in [0.717, 1.165) is 28.9 Å². The number of nitrogens with one attached hydrogen (secondary N) is 2. The van der Waals surface area contributed by atoms with Crippen LogP contribution in [0.3, 0.4) is 0 Å². The van der Waals surface area contributed by atoms with Gasteiger partial charge in [-0.2, -0.15) is 31.4 Å². The highest BCUT2D eigenvalue weighted by molar-refractivity contribution is 5.78. The molecule has 0 aliphatic rings. The van der Waals surface area contributed by atoms with Crippen molar-refractivity contribution in [2.24, 2.45) is 5.41 Å². The van der Waals surface area contributed by atoms with Gasteiger partial charge in [0, 0.05) is 0 Å². The van der Waals surface area contributed by atoms with E-state index in [1.54, 1.807) is 25.8 Å². The SMILES string of the molecule is CC(C)(C)C(c1ccc(C(F)(F)F)cc1)n1nc(C(F)(F)F)c2c(=O)[nH]c(=O)[nH]c21. The van der Waals surface area contributed by atoms with Gasteiger partial charge in [-0.15, -0.1) is 0 Å². The van der Waals surface area contributed by atoms with Gasteiger partial charge < -0.3 is 0 Å². The summed E-state index contributed by atoms with van der Waals surface area (Å²) < 4.78 is 80.0. The van der Waals surface area contributed by atoms with Crippen LogP contribution in [0, 0.1) is 5.41 Å². The Labute approximate surface area is 164 Å². The molecule has 1 unspecified atom stereocenters. The number of fused-ring (bicyclic) bond motifs is 1. The van der Waals surface area contributed by atoms with E-state index in [4.69, 9.17) is 0 Å². The van der Waals surface area contributed by atoms with Crippen molar-refractivity contribution < 1.29 is 26.3 Å². The van der Waals surface area contributed by atoms with Crippen molar-refractivity contribution in [1.82, 2.24) is 19.7 Å². The van der Waals surface area contributed by atoms with E-state index < -0.39 is 57.3 Å². The Hall–Kier alpha value is -3.05. The molecule has 0 saturated heterocycles. The Kier molecular flexibility index (Phi) is 4.87. The van der Waals surface area contributed by atoms with Crippen molar-refractivity contribution in [3.05, 3.63) is 61.9 Å². The van der Waals surface area contributed by atoms with E-state index in [1.807, 2.05) is 0 Å². The molecule has 0 radical (unpaired) electrons. The van der Waals surface area contributed by atoms with Crippen molar-refractivity contribution >= 4 is 11.0 Å². The van der Waals surface area contributed by atoms with Crippen LogP contribution in [0.25, 0.3) is 11.0 Å². The van der Waals surface area contributed by atoms with Crippen molar-refractivity contribution in [3.63, 3.8) is 0 Å². The van der Waals surface area contributed by atoms with Gasteiger partial charge in [-0.05, 0) is 23.1 Å². The van der Waals surface area contributed by atoms with Crippen LogP contribution in [0.1, 0.15) is 43.6 Å². The van der Waals surface area contributed by atoms with Crippen molar-refractivity contribution in [2.45, 2.75) is 39.2 Å². The van der Waals surface area contributed by atoms with Crippen LogP contribution in [0.15, 0.2) is 33.9 Å². The molecule has 12 heteroatoms. The highest BCUT2D eigenvalue weighted by atomic mass is 19.4. The number of H-pyrrole nitrogens is 2. The second-order valence-corrected chi connectivity index (χ2v) is 7.81. The second kappa shape index (κ2) is 6.74. The number of hydrogen-bond acceptors (Lipinski definition) is 3. The molecule has 2 aromatic heterocycles. The van der Waals surface area contributed by atoms with Crippen LogP contribution in [0.5, 0.6) is 0 Å². The lowest BCUT2D eigenvalue weighted by Gasteiger charge is -2.32. The van der Waals surface area contributed by atoms with Crippen LogP contribution in [0.2, 0.25) is 0 Å². The Balaban J connectivity index is 2.34. The van der Waals surface area contributed by atoms with E-state index in [1.165, 1.54) is 0 Å². The zero-order valence-electron chi connectivity index (χ0n) is 15.9. The molecule has 0 fully saturated rings.